The molecule has 3 rings (SSSR count). The number of carbonyl (C=O) groups excluding carboxylic acids is 3. The number of methoxy groups -OCH3 is 1. The van der Waals surface area contributed by atoms with Crippen LogP contribution in [0.3, 0.4) is 0 Å². The summed E-state index contributed by atoms with van der Waals surface area (Å²) in [5.74, 6) is -2.84. The lowest BCUT2D eigenvalue weighted by Crippen LogP contribution is -2.43. The van der Waals surface area contributed by atoms with Crippen molar-refractivity contribution in [1.29, 1.82) is 0 Å². The van der Waals surface area contributed by atoms with E-state index in [0.717, 1.165) is 17.9 Å². The van der Waals surface area contributed by atoms with Gasteiger partial charge in [0.05, 0.1) is 18.2 Å². The van der Waals surface area contributed by atoms with Gasteiger partial charge in [-0.1, -0.05) is 26.0 Å². The Morgan fingerprint density at radius 1 is 1.20 bits per heavy atom. The van der Waals surface area contributed by atoms with Crippen molar-refractivity contribution in [2.45, 2.75) is 39.3 Å². The summed E-state index contributed by atoms with van der Waals surface area (Å²) in [6, 6.07) is 4.35. The summed E-state index contributed by atoms with van der Waals surface area (Å²) in [4.78, 5) is 39.2. The normalized spacial score (nSPS) is 22.5. The van der Waals surface area contributed by atoms with Crippen LogP contribution in [0.5, 0.6) is 0 Å². The van der Waals surface area contributed by atoms with Crippen molar-refractivity contribution >= 4 is 29.5 Å². The van der Waals surface area contributed by atoms with Crippen LogP contribution in [-0.2, 0) is 30.0 Å². The first-order chi connectivity index (χ1) is 16.5. The molecule has 1 heterocycles. The van der Waals surface area contributed by atoms with Gasteiger partial charge in [0.15, 0.2) is 5.78 Å². The zero-order valence-electron chi connectivity index (χ0n) is 20.0. The van der Waals surface area contributed by atoms with Crippen LogP contribution in [-0.4, -0.2) is 42.9 Å². The van der Waals surface area contributed by atoms with E-state index >= 15 is 0 Å². The average Bonchev–Trinajstić information content (AvgIpc) is 2.80. The number of dihydropyridines is 1. The van der Waals surface area contributed by atoms with Crippen molar-refractivity contribution in [2.75, 3.05) is 25.2 Å². The zero-order chi connectivity index (χ0) is 25.9. The van der Waals surface area contributed by atoms with Crippen LogP contribution < -0.4 is 5.32 Å². The molecule has 0 amide bonds. The predicted molar refractivity (Wildman–Crippen MR) is 125 cm³/mol. The number of nitrogens with one attached hydrogen (secondary N) is 1. The lowest BCUT2D eigenvalue weighted by molar-refractivity contribution is -0.151. The minimum atomic E-state index is -4.53. The van der Waals surface area contributed by atoms with Crippen LogP contribution in [0.2, 0.25) is 0 Å². The highest BCUT2D eigenvalue weighted by Gasteiger charge is 2.47. The van der Waals surface area contributed by atoms with Crippen LogP contribution in [0, 0.1) is 11.8 Å². The van der Waals surface area contributed by atoms with Crippen molar-refractivity contribution in [3.8, 4) is 0 Å². The van der Waals surface area contributed by atoms with E-state index in [2.05, 4.69) is 5.32 Å². The van der Waals surface area contributed by atoms with E-state index < -0.39 is 41.3 Å². The third kappa shape index (κ3) is 5.58. The summed E-state index contributed by atoms with van der Waals surface area (Å²) in [6.07, 6.45) is -4.20. The fourth-order valence-corrected chi connectivity index (χ4v) is 5.05. The van der Waals surface area contributed by atoms with E-state index in [1.165, 1.54) is 19.2 Å². The minimum absolute atomic E-state index is 0.136. The maximum atomic E-state index is 13.6. The van der Waals surface area contributed by atoms with Gasteiger partial charge in [0.25, 0.3) is 0 Å². The molecule has 1 N–H and O–H groups in total. The molecule has 190 valence electrons. The number of thioether (sulfide) groups is 1. The molecule has 0 radical (unpaired) electrons. The van der Waals surface area contributed by atoms with Gasteiger partial charge in [0.1, 0.15) is 12.5 Å². The summed E-state index contributed by atoms with van der Waals surface area (Å²) in [6.45, 7) is 5.55. The van der Waals surface area contributed by atoms with E-state index in [0.29, 0.717) is 29.1 Å². The molecule has 1 aromatic carbocycles. The molecule has 0 fully saturated rings. The molecule has 0 bridgehead atoms. The van der Waals surface area contributed by atoms with Gasteiger partial charge < -0.3 is 14.8 Å². The number of benzene rings is 1. The number of alkyl halides is 3. The molecule has 1 aliphatic carbocycles. The van der Waals surface area contributed by atoms with Crippen LogP contribution in [0.15, 0.2) is 46.8 Å². The number of carbonyl (C=O) groups is 3. The summed E-state index contributed by atoms with van der Waals surface area (Å²) < 4.78 is 49.8. The summed E-state index contributed by atoms with van der Waals surface area (Å²) >= 11 is 1.59. The number of ether oxygens (including phenoxy) is 2. The van der Waals surface area contributed by atoms with Crippen molar-refractivity contribution in [3.05, 3.63) is 57.9 Å². The smallest absolute Gasteiger partial charge is 0.416 e. The number of halogens is 3. The Labute approximate surface area is 206 Å². The number of rotatable bonds is 7. The molecule has 6 nitrogen and oxygen atoms in total. The first-order valence-corrected chi connectivity index (χ1v) is 12.4. The zero-order valence-corrected chi connectivity index (χ0v) is 20.8. The molecule has 0 aromatic heterocycles. The van der Waals surface area contributed by atoms with Crippen molar-refractivity contribution in [1.82, 2.24) is 5.32 Å². The summed E-state index contributed by atoms with van der Waals surface area (Å²) in [5, 5.41) is 3.12. The fourth-order valence-electron chi connectivity index (χ4n) is 4.56. The van der Waals surface area contributed by atoms with E-state index in [4.69, 9.17) is 9.47 Å². The number of hydrogen-bond acceptors (Lipinski definition) is 7. The topological polar surface area (TPSA) is 81.7 Å². The second kappa shape index (κ2) is 10.9. The third-order valence-electron chi connectivity index (χ3n) is 6.20. The average molecular weight is 512 g/mol. The van der Waals surface area contributed by atoms with Gasteiger partial charge in [0.2, 0.25) is 0 Å². The first-order valence-electron chi connectivity index (χ1n) is 11.3. The highest BCUT2D eigenvalue weighted by molar-refractivity contribution is 7.99. The SMILES string of the molecule is CCSCCOC(=O)C1=C(C)NC2=C(C(=O)[C@@H](C(=O)OC)[C@H](C)C2)[C@H]1c1ccc(C(F)(F)F)cc1. The molecular formula is C25H28F3NO5S. The van der Waals surface area contributed by atoms with Gasteiger partial charge >= 0.3 is 18.1 Å². The molecule has 1 aromatic rings. The first kappa shape index (κ1) is 26.8. The Bertz CT molecular complexity index is 1060. The Morgan fingerprint density at radius 3 is 2.43 bits per heavy atom. The molecule has 10 heteroatoms. The Hall–Kier alpha value is -2.75. The summed E-state index contributed by atoms with van der Waals surface area (Å²) in [5.41, 5.74) is 0.798. The summed E-state index contributed by atoms with van der Waals surface area (Å²) in [7, 11) is 1.19. The molecular weight excluding hydrogens is 483 g/mol. The minimum Gasteiger partial charge on any atom is -0.468 e. The maximum Gasteiger partial charge on any atom is 0.416 e. The third-order valence-corrected chi connectivity index (χ3v) is 7.06. The fraction of sp³-hybridized carbons (Fsp3) is 0.480. The second-order valence-electron chi connectivity index (χ2n) is 8.49. The van der Waals surface area contributed by atoms with Crippen LogP contribution >= 0.6 is 11.8 Å². The van der Waals surface area contributed by atoms with E-state index in [-0.39, 0.29) is 23.7 Å². The largest absolute Gasteiger partial charge is 0.468 e. The lowest BCUT2D eigenvalue weighted by atomic mass is 9.69. The van der Waals surface area contributed by atoms with Crippen LogP contribution in [0.25, 0.3) is 0 Å². The number of Topliss-reactive ketones (excluding diaryl/α,β-unsaturated/α-hetero) is 1. The van der Waals surface area contributed by atoms with Gasteiger partial charge in [0, 0.05) is 28.6 Å². The predicted octanol–water partition coefficient (Wildman–Crippen LogP) is 4.61. The molecule has 0 unspecified atom stereocenters. The van der Waals surface area contributed by atoms with Gasteiger partial charge in [-0.25, -0.2) is 4.79 Å². The standard InChI is InChI=1S/C25H28F3NO5S/c1-5-35-11-10-34-24(32)19-14(3)29-17-12-13(2)18(23(31)33-4)22(30)21(17)20(19)15-6-8-16(9-7-15)25(26,27)28/h6-9,13,18,20,29H,5,10-12H2,1-4H3/t13-,18+,20+/m1/s1. The molecule has 2 aliphatic rings. The monoisotopic (exact) mass is 511 g/mol. The van der Waals surface area contributed by atoms with Crippen LogP contribution in [0.4, 0.5) is 13.2 Å². The van der Waals surface area contributed by atoms with Gasteiger partial charge in [-0.15, -0.1) is 0 Å². The lowest BCUT2D eigenvalue weighted by Gasteiger charge is -2.38. The molecule has 3 atom stereocenters. The molecule has 0 saturated carbocycles. The molecule has 0 saturated heterocycles. The Balaban J connectivity index is 2.09. The number of ketones is 1. The Kier molecular flexibility index (Phi) is 8.35. The highest BCUT2D eigenvalue weighted by Crippen LogP contribution is 2.46. The van der Waals surface area contributed by atoms with E-state index in [9.17, 15) is 27.6 Å². The van der Waals surface area contributed by atoms with Gasteiger partial charge in [-0.3, -0.25) is 9.59 Å². The quantitative estimate of drug-likeness (QED) is 0.325. The van der Waals surface area contributed by atoms with Crippen molar-refractivity contribution < 1.29 is 37.0 Å². The van der Waals surface area contributed by atoms with Gasteiger partial charge in [-0.05, 0) is 42.7 Å². The molecule has 0 spiro atoms. The van der Waals surface area contributed by atoms with E-state index in [1.807, 2.05) is 6.92 Å². The number of esters is 2. The highest BCUT2D eigenvalue weighted by atomic mass is 32.2. The van der Waals surface area contributed by atoms with Gasteiger partial charge in [-0.2, -0.15) is 24.9 Å². The number of allylic oxidation sites excluding steroid dienone is 3. The van der Waals surface area contributed by atoms with Crippen molar-refractivity contribution in [3.63, 3.8) is 0 Å². The molecule has 35 heavy (non-hydrogen) atoms. The van der Waals surface area contributed by atoms with E-state index in [1.54, 1.807) is 25.6 Å². The number of hydrogen-bond donors (Lipinski definition) is 1. The van der Waals surface area contributed by atoms with Crippen molar-refractivity contribution in [2.24, 2.45) is 11.8 Å². The maximum absolute atomic E-state index is 13.6. The second-order valence-corrected chi connectivity index (χ2v) is 9.88. The molecule has 1 aliphatic heterocycles. The van der Waals surface area contributed by atoms with Crippen LogP contribution in [0.1, 0.15) is 44.2 Å². The Morgan fingerprint density at radius 2 is 1.86 bits per heavy atom.